The second-order valence-electron chi connectivity index (χ2n) is 16.8. The van der Waals surface area contributed by atoms with Gasteiger partial charge in [0, 0.05) is 19.8 Å². The maximum absolute atomic E-state index is 12.9. The molecule has 21 unspecified atom stereocenters. The zero-order chi connectivity index (χ0) is 46.5. The first-order chi connectivity index (χ1) is 29.1. The Hall–Kier alpha value is -2.72. The van der Waals surface area contributed by atoms with Crippen LogP contribution < -0.4 is 10.6 Å². The Morgan fingerprint density at radius 2 is 1.08 bits per heavy atom. The molecule has 11 N–H and O–H groups in total. The second kappa shape index (κ2) is 22.0. The van der Waals surface area contributed by atoms with Crippen LogP contribution in [0.15, 0.2) is 0 Å². The van der Waals surface area contributed by atoms with Gasteiger partial charge in [0.2, 0.25) is 11.8 Å². The summed E-state index contributed by atoms with van der Waals surface area (Å²) in [5.74, 6) is -5.76. The predicted octanol–water partition coefficient (Wildman–Crippen LogP) is -3.30. The third kappa shape index (κ3) is 11.2. The van der Waals surface area contributed by atoms with Crippen LogP contribution in [0.2, 0.25) is 0 Å². The molecule has 0 bridgehead atoms. The van der Waals surface area contributed by atoms with E-state index in [2.05, 4.69) is 10.6 Å². The predicted molar refractivity (Wildman–Crippen MR) is 206 cm³/mol. The van der Waals surface area contributed by atoms with E-state index in [0.29, 0.717) is 19.3 Å². The molecule has 62 heavy (non-hydrogen) atoms. The highest BCUT2D eigenvalue weighted by atomic mass is 16.8. The Labute approximate surface area is 358 Å². The summed E-state index contributed by atoms with van der Waals surface area (Å²) in [6.45, 7) is 11.2. The molecule has 23 nitrogen and oxygen atoms in total. The first kappa shape index (κ1) is 51.9. The number of hydrogen-bond acceptors (Lipinski definition) is 19. The average Bonchev–Trinajstić information content (AvgIpc) is 3.22. The number of carbonyl (C=O) groups excluding carboxylic acids is 2. The van der Waals surface area contributed by atoms with Gasteiger partial charge in [-0.2, -0.15) is 0 Å². The van der Waals surface area contributed by atoms with Gasteiger partial charge < -0.3 is 94.5 Å². The number of aliphatic hydroxyl groups is 7. The molecule has 0 saturated carbocycles. The van der Waals surface area contributed by atoms with E-state index in [0.717, 1.165) is 6.92 Å². The van der Waals surface area contributed by atoms with Crippen LogP contribution in [-0.2, 0) is 57.1 Å². The standard InChI is InChI=1S/C39H66N2O21/c1-9-14(4)55-30-25(49)26(50)38(62-32(30)35(53)54)60-29-21(41-17(7)45)36(57-19(13-43)24(29)48)58-27-15(5)22(46)37(61-31(27)34(51)52)59-28-20(40-16(6)44)33(39(8,10-2)11-3)56-18(12-42)23(28)47/h14-15,18-33,36-38,42-43,46-50H,9-13H2,1-8H3,(H,40,44)(H,41,45)(H,51,52)(H,53,54). The third-order valence-electron chi connectivity index (χ3n) is 12.6. The highest BCUT2D eigenvalue weighted by Gasteiger charge is 2.58. The van der Waals surface area contributed by atoms with Crippen molar-refractivity contribution in [3.05, 3.63) is 0 Å². The number of rotatable bonds is 18. The fourth-order valence-corrected chi connectivity index (χ4v) is 8.30. The highest BCUT2D eigenvalue weighted by Crippen LogP contribution is 2.41. The monoisotopic (exact) mass is 898 g/mol. The van der Waals surface area contributed by atoms with Gasteiger partial charge in [-0.3, -0.25) is 9.59 Å². The Kier molecular flexibility index (Phi) is 18.4. The summed E-state index contributed by atoms with van der Waals surface area (Å²) in [6.07, 6.45) is -27.7. The van der Waals surface area contributed by atoms with Gasteiger partial charge in [0.05, 0.1) is 31.5 Å². The average molecular weight is 899 g/mol. The van der Waals surface area contributed by atoms with Crippen LogP contribution in [-0.4, -0.2) is 205 Å². The summed E-state index contributed by atoms with van der Waals surface area (Å²) < 4.78 is 47.2. The largest absolute Gasteiger partial charge is 0.479 e. The van der Waals surface area contributed by atoms with Crippen molar-refractivity contribution in [3.8, 4) is 0 Å². The zero-order valence-electron chi connectivity index (χ0n) is 36.1. The molecule has 358 valence electrons. The summed E-state index contributed by atoms with van der Waals surface area (Å²) in [5, 5.41) is 103. The molecule has 4 heterocycles. The molecule has 4 rings (SSSR count). The van der Waals surface area contributed by atoms with E-state index in [1.54, 1.807) is 13.8 Å². The van der Waals surface area contributed by atoms with Crippen LogP contribution in [0.4, 0.5) is 0 Å². The molecule has 23 heteroatoms. The highest BCUT2D eigenvalue weighted by molar-refractivity contribution is 5.74. The molecule has 0 aromatic rings. The van der Waals surface area contributed by atoms with Crippen LogP contribution in [0.1, 0.15) is 74.7 Å². The van der Waals surface area contributed by atoms with Gasteiger partial charge in [-0.05, 0) is 31.6 Å². The lowest BCUT2D eigenvalue weighted by atomic mass is 9.72. The van der Waals surface area contributed by atoms with Crippen LogP contribution in [0, 0.1) is 11.3 Å². The minimum Gasteiger partial charge on any atom is -0.479 e. The molecule has 4 aliphatic rings. The van der Waals surface area contributed by atoms with Gasteiger partial charge in [0.25, 0.3) is 0 Å². The van der Waals surface area contributed by atoms with E-state index in [-0.39, 0.29) is 0 Å². The molecular weight excluding hydrogens is 832 g/mol. The smallest absolute Gasteiger partial charge is 0.335 e. The minimum atomic E-state index is -2.00. The van der Waals surface area contributed by atoms with Crippen molar-refractivity contribution in [2.24, 2.45) is 11.3 Å². The van der Waals surface area contributed by atoms with Crippen molar-refractivity contribution in [2.75, 3.05) is 13.2 Å². The van der Waals surface area contributed by atoms with Crippen molar-refractivity contribution in [1.29, 1.82) is 0 Å². The van der Waals surface area contributed by atoms with Gasteiger partial charge in [-0.25, -0.2) is 9.59 Å². The van der Waals surface area contributed by atoms with Gasteiger partial charge in [-0.1, -0.05) is 34.6 Å². The SMILES string of the molecule is CCC(C)OC1C(C(=O)O)OC(OC2C(O)C(CO)OC(OC3C(C(=O)O)OC(OC4C(O)C(CO)OC(C(C)(CC)CC)C4NC(C)=O)C(O)C3C)C2NC(C)=O)C(O)C1O. The molecule has 0 aliphatic carbocycles. The molecule has 4 saturated heterocycles. The summed E-state index contributed by atoms with van der Waals surface area (Å²) in [7, 11) is 0. The molecule has 21 atom stereocenters. The number of carboxylic acids is 2. The van der Waals surface area contributed by atoms with E-state index < -0.39 is 171 Å². The number of aliphatic hydroxyl groups excluding tert-OH is 7. The van der Waals surface area contributed by atoms with Gasteiger partial charge >= 0.3 is 11.9 Å². The third-order valence-corrected chi connectivity index (χ3v) is 12.6. The Morgan fingerprint density at radius 3 is 1.55 bits per heavy atom. The number of nitrogens with one attached hydrogen (secondary N) is 2. The molecule has 2 amide bonds. The maximum Gasteiger partial charge on any atom is 0.335 e. The second-order valence-corrected chi connectivity index (χ2v) is 16.8. The summed E-state index contributed by atoms with van der Waals surface area (Å²) in [5.41, 5.74) is -0.626. The Balaban J connectivity index is 1.65. The minimum absolute atomic E-state index is 0.418. The fourth-order valence-electron chi connectivity index (χ4n) is 8.30. The number of hydrogen-bond donors (Lipinski definition) is 11. The van der Waals surface area contributed by atoms with E-state index in [1.165, 1.54) is 13.8 Å². The van der Waals surface area contributed by atoms with Crippen LogP contribution in [0.5, 0.6) is 0 Å². The van der Waals surface area contributed by atoms with Crippen molar-refractivity contribution in [2.45, 2.75) is 197 Å². The fraction of sp³-hybridized carbons (Fsp3) is 0.897. The summed E-state index contributed by atoms with van der Waals surface area (Å²) in [6, 6.07) is -2.72. The number of amides is 2. The first-order valence-corrected chi connectivity index (χ1v) is 20.9. The lowest BCUT2D eigenvalue weighted by Crippen LogP contribution is -2.70. The molecule has 4 fully saturated rings. The molecule has 0 spiro atoms. The number of carboxylic acid groups (broad SMARTS) is 2. The number of aliphatic carboxylic acids is 2. The van der Waals surface area contributed by atoms with Crippen LogP contribution in [0.25, 0.3) is 0 Å². The number of carbonyl (C=O) groups is 4. The van der Waals surface area contributed by atoms with Crippen molar-refractivity contribution in [1.82, 2.24) is 10.6 Å². The molecule has 0 radical (unpaired) electrons. The van der Waals surface area contributed by atoms with Crippen molar-refractivity contribution < 1.29 is 103 Å². The van der Waals surface area contributed by atoms with Gasteiger partial charge in [0.15, 0.2) is 31.1 Å². The summed E-state index contributed by atoms with van der Waals surface area (Å²) in [4.78, 5) is 50.3. The Morgan fingerprint density at radius 1 is 0.629 bits per heavy atom. The van der Waals surface area contributed by atoms with Crippen molar-refractivity contribution in [3.63, 3.8) is 0 Å². The zero-order valence-corrected chi connectivity index (χ0v) is 36.1. The maximum atomic E-state index is 12.9. The van der Waals surface area contributed by atoms with Crippen LogP contribution >= 0.6 is 0 Å². The lowest BCUT2D eigenvalue weighted by Gasteiger charge is -2.52. The quantitative estimate of drug-likeness (QED) is 0.0642. The van der Waals surface area contributed by atoms with Crippen LogP contribution in [0.3, 0.4) is 0 Å². The van der Waals surface area contributed by atoms with Crippen molar-refractivity contribution >= 4 is 23.8 Å². The van der Waals surface area contributed by atoms with E-state index in [4.69, 9.17) is 37.9 Å². The topological polar surface area (TPSA) is 348 Å². The molecule has 4 aliphatic heterocycles. The van der Waals surface area contributed by atoms with E-state index >= 15 is 0 Å². The van der Waals surface area contributed by atoms with Gasteiger partial charge in [-0.15, -0.1) is 0 Å². The molecule has 0 aromatic carbocycles. The van der Waals surface area contributed by atoms with Gasteiger partial charge in [0.1, 0.15) is 73.2 Å². The van der Waals surface area contributed by atoms with E-state index in [1.807, 2.05) is 20.8 Å². The molecular formula is C39H66N2O21. The number of ether oxygens (including phenoxy) is 8. The first-order valence-electron chi connectivity index (χ1n) is 20.9. The lowest BCUT2D eigenvalue weighted by molar-refractivity contribution is -0.363. The summed E-state index contributed by atoms with van der Waals surface area (Å²) >= 11 is 0. The molecule has 0 aromatic heterocycles. The normalized spacial score (nSPS) is 42.1. The Bertz CT molecular complexity index is 1510. The van der Waals surface area contributed by atoms with E-state index in [9.17, 15) is 65.1 Å².